The summed E-state index contributed by atoms with van der Waals surface area (Å²) in [5.41, 5.74) is 2.28. The number of aromatic nitrogens is 1. The van der Waals surface area contributed by atoms with Crippen LogP contribution in [0, 0.1) is 0 Å². The Bertz CT molecular complexity index is 1010. The van der Waals surface area contributed by atoms with Crippen molar-refractivity contribution in [1.29, 1.82) is 0 Å². The molecule has 0 aliphatic carbocycles. The van der Waals surface area contributed by atoms with Crippen LogP contribution in [-0.4, -0.2) is 23.0 Å². The summed E-state index contributed by atoms with van der Waals surface area (Å²) in [7, 11) is 0. The fourth-order valence-corrected chi connectivity index (χ4v) is 3.30. The number of hydrogen-bond acceptors (Lipinski definition) is 5. The van der Waals surface area contributed by atoms with E-state index in [0.717, 1.165) is 0 Å². The summed E-state index contributed by atoms with van der Waals surface area (Å²) in [6.07, 6.45) is -4.70. The molecule has 0 saturated carbocycles. The molecule has 1 N–H and O–H groups in total. The van der Waals surface area contributed by atoms with Crippen LogP contribution in [0.3, 0.4) is 0 Å². The first-order valence-electron chi connectivity index (χ1n) is 8.41. The Hall–Kier alpha value is -3.20. The number of amides is 1. The van der Waals surface area contributed by atoms with Crippen molar-refractivity contribution >= 4 is 28.7 Å². The second kappa shape index (κ2) is 8.44. The molecule has 0 fully saturated rings. The number of carbonyl (C=O) groups excluding carboxylic acids is 2. The Kier molecular flexibility index (Phi) is 5.97. The molecule has 1 amide bonds. The molecule has 0 aliphatic rings. The summed E-state index contributed by atoms with van der Waals surface area (Å²) < 4.78 is 40.5. The third-order valence-corrected chi connectivity index (χ3v) is 4.74. The second-order valence-electron chi connectivity index (χ2n) is 6.07. The Morgan fingerprint density at radius 3 is 2.31 bits per heavy atom. The lowest BCUT2D eigenvalue weighted by atomic mass is 10.1. The number of ketones is 1. The van der Waals surface area contributed by atoms with Crippen molar-refractivity contribution in [3.8, 4) is 16.3 Å². The van der Waals surface area contributed by atoms with Crippen LogP contribution in [0.5, 0.6) is 5.75 Å². The average Bonchev–Trinajstić information content (AvgIpc) is 3.09. The lowest BCUT2D eigenvalue weighted by Crippen LogP contribution is -2.16. The lowest BCUT2D eigenvalue weighted by Gasteiger charge is -2.08. The molecule has 29 heavy (non-hydrogen) atoms. The zero-order chi connectivity index (χ0) is 21.0. The van der Waals surface area contributed by atoms with Gasteiger partial charge >= 0.3 is 6.36 Å². The van der Waals surface area contributed by atoms with E-state index in [1.165, 1.54) is 42.5 Å². The summed E-state index contributed by atoms with van der Waals surface area (Å²) in [6, 6.07) is 11.9. The van der Waals surface area contributed by atoms with Gasteiger partial charge in [0.2, 0.25) is 5.91 Å². The number of carbonyl (C=O) groups is 2. The summed E-state index contributed by atoms with van der Waals surface area (Å²) in [5, 5.41) is 5.02. The monoisotopic (exact) mass is 420 g/mol. The van der Waals surface area contributed by atoms with Gasteiger partial charge in [-0.1, -0.05) is 0 Å². The van der Waals surface area contributed by atoms with E-state index >= 15 is 0 Å². The lowest BCUT2D eigenvalue weighted by molar-refractivity contribution is -0.274. The molecule has 0 saturated heterocycles. The number of alkyl halides is 3. The minimum Gasteiger partial charge on any atom is -0.406 e. The number of nitrogens with zero attached hydrogens (tertiary/aromatic N) is 1. The van der Waals surface area contributed by atoms with Gasteiger partial charge in [-0.2, -0.15) is 0 Å². The molecular weight excluding hydrogens is 405 g/mol. The molecule has 2 aromatic carbocycles. The Balaban J connectivity index is 1.61. The SMILES string of the molecule is CC(=O)c1ccc(NC(=O)Cc2csc(-c3ccc(OC(F)(F)F)cc3)n2)cc1. The quantitative estimate of drug-likeness (QED) is 0.564. The first-order valence-corrected chi connectivity index (χ1v) is 9.29. The van der Waals surface area contributed by atoms with E-state index in [0.29, 0.717) is 27.5 Å². The number of rotatable bonds is 6. The molecule has 0 radical (unpaired) electrons. The minimum absolute atomic E-state index is 0.0419. The van der Waals surface area contributed by atoms with Crippen LogP contribution < -0.4 is 10.1 Å². The van der Waals surface area contributed by atoms with E-state index in [4.69, 9.17) is 0 Å². The maximum absolute atomic E-state index is 12.2. The van der Waals surface area contributed by atoms with Crippen molar-refractivity contribution in [2.75, 3.05) is 5.32 Å². The standard InChI is InChI=1S/C20H15F3N2O3S/c1-12(26)13-2-6-15(7-3-13)24-18(27)10-16-11-29-19(25-16)14-4-8-17(9-5-14)28-20(21,22)23/h2-9,11H,10H2,1H3,(H,24,27). The highest BCUT2D eigenvalue weighted by atomic mass is 32.1. The van der Waals surface area contributed by atoms with Crippen molar-refractivity contribution in [3.63, 3.8) is 0 Å². The molecule has 3 rings (SSSR count). The maximum Gasteiger partial charge on any atom is 0.573 e. The number of hydrogen-bond donors (Lipinski definition) is 1. The van der Waals surface area contributed by atoms with Gasteiger partial charge in [0, 0.05) is 22.2 Å². The van der Waals surface area contributed by atoms with Gasteiger partial charge in [0.15, 0.2) is 5.78 Å². The molecule has 9 heteroatoms. The Labute approximate surface area is 168 Å². The molecule has 0 aliphatic heterocycles. The summed E-state index contributed by atoms with van der Waals surface area (Å²) in [4.78, 5) is 27.8. The van der Waals surface area contributed by atoms with Gasteiger partial charge in [-0.05, 0) is 55.5 Å². The summed E-state index contributed by atoms with van der Waals surface area (Å²) in [5.74, 6) is -0.643. The second-order valence-corrected chi connectivity index (χ2v) is 6.93. The molecule has 1 heterocycles. The van der Waals surface area contributed by atoms with E-state index in [2.05, 4.69) is 15.0 Å². The van der Waals surface area contributed by atoms with Gasteiger partial charge in [-0.3, -0.25) is 9.59 Å². The zero-order valence-electron chi connectivity index (χ0n) is 15.1. The average molecular weight is 420 g/mol. The number of ether oxygens (including phenoxy) is 1. The number of benzene rings is 2. The zero-order valence-corrected chi connectivity index (χ0v) is 15.9. The number of anilines is 1. The number of thiazole rings is 1. The minimum atomic E-state index is -4.74. The van der Waals surface area contributed by atoms with Crippen molar-refractivity contribution in [3.05, 3.63) is 65.2 Å². The maximum atomic E-state index is 12.2. The first-order chi connectivity index (χ1) is 13.7. The summed E-state index contributed by atoms with van der Waals surface area (Å²) in [6.45, 7) is 1.46. The van der Waals surface area contributed by atoms with Gasteiger partial charge < -0.3 is 10.1 Å². The van der Waals surface area contributed by atoms with E-state index < -0.39 is 6.36 Å². The third-order valence-electron chi connectivity index (χ3n) is 3.80. The topological polar surface area (TPSA) is 68.3 Å². The van der Waals surface area contributed by atoms with Crippen LogP contribution in [0.4, 0.5) is 18.9 Å². The fraction of sp³-hybridized carbons (Fsp3) is 0.150. The van der Waals surface area contributed by atoms with Gasteiger partial charge in [-0.15, -0.1) is 24.5 Å². The highest BCUT2D eigenvalue weighted by molar-refractivity contribution is 7.13. The van der Waals surface area contributed by atoms with Crippen LogP contribution in [-0.2, 0) is 11.2 Å². The third kappa shape index (κ3) is 5.89. The van der Waals surface area contributed by atoms with Gasteiger partial charge in [0.05, 0.1) is 12.1 Å². The van der Waals surface area contributed by atoms with E-state index in [1.807, 2.05) is 0 Å². The van der Waals surface area contributed by atoms with E-state index in [1.54, 1.807) is 29.6 Å². The molecule has 5 nitrogen and oxygen atoms in total. The van der Waals surface area contributed by atoms with Crippen LogP contribution in [0.15, 0.2) is 53.9 Å². The first kappa shape index (κ1) is 20.5. The van der Waals surface area contributed by atoms with Crippen LogP contribution in [0.1, 0.15) is 23.0 Å². The largest absolute Gasteiger partial charge is 0.573 e. The van der Waals surface area contributed by atoms with Crippen molar-refractivity contribution in [1.82, 2.24) is 4.98 Å². The predicted octanol–water partition coefficient (Wildman–Crippen LogP) is 5.09. The predicted molar refractivity (Wildman–Crippen MR) is 103 cm³/mol. The highest BCUT2D eigenvalue weighted by Crippen LogP contribution is 2.28. The van der Waals surface area contributed by atoms with E-state index in [9.17, 15) is 22.8 Å². The number of Topliss-reactive ketones (excluding diaryl/α,β-unsaturated/α-hetero) is 1. The fourth-order valence-electron chi connectivity index (χ4n) is 2.48. The van der Waals surface area contributed by atoms with Crippen LogP contribution >= 0.6 is 11.3 Å². The molecule has 0 spiro atoms. The van der Waals surface area contributed by atoms with Gasteiger partial charge in [0.25, 0.3) is 0 Å². The summed E-state index contributed by atoms with van der Waals surface area (Å²) >= 11 is 1.28. The number of nitrogens with one attached hydrogen (secondary N) is 1. The molecular formula is C20H15F3N2O3S. The van der Waals surface area contributed by atoms with E-state index in [-0.39, 0.29) is 23.9 Å². The number of halogens is 3. The molecule has 0 bridgehead atoms. The Morgan fingerprint density at radius 1 is 1.07 bits per heavy atom. The normalized spacial score (nSPS) is 11.2. The van der Waals surface area contributed by atoms with Crippen molar-refractivity contribution in [2.45, 2.75) is 19.7 Å². The molecule has 3 aromatic rings. The molecule has 0 unspecified atom stereocenters. The molecule has 150 valence electrons. The van der Waals surface area contributed by atoms with Crippen LogP contribution in [0.2, 0.25) is 0 Å². The molecule has 0 atom stereocenters. The smallest absolute Gasteiger partial charge is 0.406 e. The van der Waals surface area contributed by atoms with Crippen molar-refractivity contribution < 1.29 is 27.5 Å². The molecule has 1 aromatic heterocycles. The van der Waals surface area contributed by atoms with Gasteiger partial charge in [-0.25, -0.2) is 4.98 Å². The van der Waals surface area contributed by atoms with Crippen molar-refractivity contribution in [2.24, 2.45) is 0 Å². The van der Waals surface area contributed by atoms with Crippen LogP contribution in [0.25, 0.3) is 10.6 Å². The Morgan fingerprint density at radius 2 is 1.72 bits per heavy atom. The highest BCUT2D eigenvalue weighted by Gasteiger charge is 2.31. The van der Waals surface area contributed by atoms with Gasteiger partial charge in [0.1, 0.15) is 10.8 Å².